The van der Waals surface area contributed by atoms with E-state index in [1.807, 2.05) is 13.8 Å². The standard InChI is InChI=1S/C17H38NO2/c1-4-7-8-9-10-11-12-13-14-15-16-17(19)18(20,5-2)6-3/h17,19-20H,4-16H2,1-3H3/q+1. The van der Waals surface area contributed by atoms with Gasteiger partial charge in [0.25, 0.3) is 0 Å². The van der Waals surface area contributed by atoms with Crippen molar-refractivity contribution in [2.75, 3.05) is 13.1 Å². The van der Waals surface area contributed by atoms with Gasteiger partial charge in [-0.2, -0.15) is 4.65 Å². The lowest BCUT2D eigenvalue weighted by Crippen LogP contribution is -2.52. The molecule has 0 aliphatic heterocycles. The molecule has 0 bridgehead atoms. The maximum absolute atomic E-state index is 10.1. The fraction of sp³-hybridized carbons (Fsp3) is 1.00. The molecule has 0 radical (unpaired) electrons. The van der Waals surface area contributed by atoms with Gasteiger partial charge in [0.1, 0.15) is 13.1 Å². The van der Waals surface area contributed by atoms with E-state index >= 15 is 0 Å². The van der Waals surface area contributed by atoms with Gasteiger partial charge in [0, 0.05) is 6.42 Å². The van der Waals surface area contributed by atoms with Crippen molar-refractivity contribution in [3.63, 3.8) is 0 Å². The van der Waals surface area contributed by atoms with E-state index in [0.29, 0.717) is 19.5 Å². The van der Waals surface area contributed by atoms with Crippen LogP contribution >= 0.6 is 0 Å². The van der Waals surface area contributed by atoms with E-state index in [4.69, 9.17) is 0 Å². The van der Waals surface area contributed by atoms with E-state index in [9.17, 15) is 10.3 Å². The number of hydroxylamine groups is 3. The second-order valence-electron chi connectivity index (χ2n) is 6.07. The van der Waals surface area contributed by atoms with Crippen LogP contribution in [0.1, 0.15) is 91.4 Å². The topological polar surface area (TPSA) is 40.5 Å². The van der Waals surface area contributed by atoms with Crippen LogP contribution in [0.5, 0.6) is 0 Å². The molecule has 0 saturated heterocycles. The number of nitrogens with zero attached hydrogens (tertiary/aromatic N) is 1. The Balaban J connectivity index is 3.40. The summed E-state index contributed by atoms with van der Waals surface area (Å²) in [4.78, 5) is 0. The number of unbranched alkanes of at least 4 members (excludes halogenated alkanes) is 9. The Hall–Kier alpha value is -0.120. The lowest BCUT2D eigenvalue weighted by molar-refractivity contribution is -1.13. The summed E-state index contributed by atoms with van der Waals surface area (Å²) < 4.78 is -0.197. The van der Waals surface area contributed by atoms with Crippen LogP contribution in [0.4, 0.5) is 0 Å². The minimum absolute atomic E-state index is 0.197. The quantitative estimate of drug-likeness (QED) is 0.207. The van der Waals surface area contributed by atoms with Crippen LogP contribution in [0.2, 0.25) is 0 Å². The van der Waals surface area contributed by atoms with Crippen molar-refractivity contribution in [1.29, 1.82) is 0 Å². The van der Waals surface area contributed by atoms with E-state index < -0.39 is 6.23 Å². The molecule has 1 atom stereocenters. The molecule has 0 aliphatic carbocycles. The molecule has 2 N–H and O–H groups in total. The number of hydrogen-bond acceptors (Lipinski definition) is 2. The molecular weight excluding hydrogens is 250 g/mol. The number of rotatable bonds is 14. The third-order valence-electron chi connectivity index (χ3n) is 4.47. The van der Waals surface area contributed by atoms with Crippen LogP contribution in [-0.2, 0) is 0 Å². The first-order valence-electron chi connectivity index (χ1n) is 8.88. The fourth-order valence-corrected chi connectivity index (χ4v) is 2.70. The van der Waals surface area contributed by atoms with Crippen molar-refractivity contribution >= 4 is 0 Å². The summed E-state index contributed by atoms with van der Waals surface area (Å²) in [6.07, 6.45) is 13.1. The normalized spacial score (nSPS) is 13.7. The second-order valence-corrected chi connectivity index (χ2v) is 6.07. The van der Waals surface area contributed by atoms with Crippen LogP contribution in [0.25, 0.3) is 0 Å². The first-order chi connectivity index (χ1) is 9.60. The molecular formula is C17H38NO2+. The Bertz CT molecular complexity index is 205. The van der Waals surface area contributed by atoms with Gasteiger partial charge in [-0.3, -0.25) is 0 Å². The molecule has 0 aliphatic rings. The highest BCUT2D eigenvalue weighted by Crippen LogP contribution is 2.16. The highest BCUT2D eigenvalue weighted by atomic mass is 16.6. The third-order valence-corrected chi connectivity index (χ3v) is 4.47. The van der Waals surface area contributed by atoms with Gasteiger partial charge in [-0.1, -0.05) is 64.7 Å². The third kappa shape index (κ3) is 8.93. The SMILES string of the molecule is CCCCCCCCCCCCC(O)[N+](O)(CC)CC. The van der Waals surface area contributed by atoms with Crippen LogP contribution < -0.4 is 0 Å². The lowest BCUT2D eigenvalue weighted by atomic mass is 10.1. The van der Waals surface area contributed by atoms with Gasteiger partial charge in [-0.15, -0.1) is 0 Å². The predicted octanol–water partition coefficient (Wildman–Crippen LogP) is 4.86. The Morgan fingerprint density at radius 1 is 0.700 bits per heavy atom. The summed E-state index contributed by atoms with van der Waals surface area (Å²) in [7, 11) is 0. The van der Waals surface area contributed by atoms with E-state index in [0.717, 1.165) is 6.42 Å². The fourth-order valence-electron chi connectivity index (χ4n) is 2.70. The smallest absolute Gasteiger partial charge is 0.220 e. The Kier molecular flexibility index (Phi) is 12.5. The maximum Gasteiger partial charge on any atom is 0.220 e. The van der Waals surface area contributed by atoms with E-state index in [1.165, 1.54) is 57.8 Å². The molecule has 1 unspecified atom stereocenters. The van der Waals surface area contributed by atoms with E-state index in [2.05, 4.69) is 6.92 Å². The lowest BCUT2D eigenvalue weighted by Gasteiger charge is -2.32. The van der Waals surface area contributed by atoms with Crippen molar-refractivity contribution in [3.8, 4) is 0 Å². The van der Waals surface area contributed by atoms with Crippen molar-refractivity contribution in [2.45, 2.75) is 97.6 Å². The first-order valence-corrected chi connectivity index (χ1v) is 8.88. The van der Waals surface area contributed by atoms with Crippen LogP contribution in [-0.4, -0.2) is 34.3 Å². The van der Waals surface area contributed by atoms with E-state index in [1.54, 1.807) is 0 Å². The van der Waals surface area contributed by atoms with Crippen molar-refractivity contribution in [2.24, 2.45) is 0 Å². The van der Waals surface area contributed by atoms with Gasteiger partial charge in [-0.25, -0.2) is 5.21 Å². The minimum Gasteiger partial charge on any atom is -0.343 e. The zero-order valence-corrected chi connectivity index (χ0v) is 14.1. The van der Waals surface area contributed by atoms with Gasteiger partial charge in [-0.05, 0) is 20.3 Å². The Morgan fingerprint density at radius 2 is 1.10 bits per heavy atom. The molecule has 0 amide bonds. The maximum atomic E-state index is 10.1. The Labute approximate surface area is 126 Å². The minimum atomic E-state index is -0.612. The summed E-state index contributed by atoms with van der Waals surface area (Å²) in [5, 5.41) is 20.1. The van der Waals surface area contributed by atoms with E-state index in [-0.39, 0.29) is 4.65 Å². The first kappa shape index (κ1) is 19.9. The number of aliphatic hydroxyl groups excluding tert-OH is 1. The van der Waals surface area contributed by atoms with Gasteiger partial charge >= 0.3 is 0 Å². The summed E-state index contributed by atoms with van der Waals surface area (Å²) in [6.45, 7) is 7.26. The second kappa shape index (κ2) is 12.6. The molecule has 3 heteroatoms. The summed E-state index contributed by atoms with van der Waals surface area (Å²) in [5.74, 6) is 0. The molecule has 0 heterocycles. The van der Waals surface area contributed by atoms with Gasteiger partial charge < -0.3 is 5.11 Å². The van der Waals surface area contributed by atoms with Gasteiger partial charge in [0.2, 0.25) is 6.23 Å². The summed E-state index contributed by atoms with van der Waals surface area (Å²) in [6, 6.07) is 0. The zero-order chi connectivity index (χ0) is 15.3. The largest absolute Gasteiger partial charge is 0.343 e. The predicted molar refractivity (Wildman–Crippen MR) is 85.6 cm³/mol. The zero-order valence-electron chi connectivity index (χ0n) is 14.1. The highest BCUT2D eigenvalue weighted by molar-refractivity contribution is 4.49. The number of hydrogen-bond donors (Lipinski definition) is 2. The molecule has 0 saturated carbocycles. The molecule has 20 heavy (non-hydrogen) atoms. The average molecular weight is 288 g/mol. The average Bonchev–Trinajstić information content (AvgIpc) is 2.48. The monoisotopic (exact) mass is 288 g/mol. The molecule has 0 aromatic rings. The molecule has 122 valence electrons. The van der Waals surface area contributed by atoms with Crippen LogP contribution in [0.15, 0.2) is 0 Å². The van der Waals surface area contributed by atoms with Crippen LogP contribution in [0, 0.1) is 0 Å². The van der Waals surface area contributed by atoms with Gasteiger partial charge in [0.15, 0.2) is 0 Å². The molecule has 0 aromatic carbocycles. The van der Waals surface area contributed by atoms with Crippen LogP contribution in [0.3, 0.4) is 0 Å². The summed E-state index contributed by atoms with van der Waals surface area (Å²) >= 11 is 0. The summed E-state index contributed by atoms with van der Waals surface area (Å²) in [5.41, 5.74) is 0. The number of quaternary nitrogens is 1. The highest BCUT2D eigenvalue weighted by Gasteiger charge is 2.30. The number of aliphatic hydroxyl groups is 1. The molecule has 0 rings (SSSR count). The molecule has 0 aromatic heterocycles. The van der Waals surface area contributed by atoms with Gasteiger partial charge in [0.05, 0.1) is 0 Å². The molecule has 0 spiro atoms. The Morgan fingerprint density at radius 3 is 1.50 bits per heavy atom. The molecule has 0 fully saturated rings. The molecule has 3 nitrogen and oxygen atoms in total. The van der Waals surface area contributed by atoms with Crippen molar-refractivity contribution in [1.82, 2.24) is 0 Å². The van der Waals surface area contributed by atoms with Crippen molar-refractivity contribution in [3.05, 3.63) is 0 Å². The van der Waals surface area contributed by atoms with Crippen molar-refractivity contribution < 1.29 is 15.0 Å².